The summed E-state index contributed by atoms with van der Waals surface area (Å²) < 4.78 is 18.0. The minimum absolute atomic E-state index is 0.000911. The summed E-state index contributed by atoms with van der Waals surface area (Å²) in [6.45, 7) is 4.09. The quantitative estimate of drug-likeness (QED) is 0.264. The van der Waals surface area contributed by atoms with Gasteiger partial charge in [0.15, 0.2) is 6.10 Å². The first-order chi connectivity index (χ1) is 13.7. The van der Waals surface area contributed by atoms with Gasteiger partial charge in [-0.2, -0.15) is 0 Å². The zero-order valence-corrected chi connectivity index (χ0v) is 18.0. The van der Waals surface area contributed by atoms with Crippen molar-refractivity contribution in [3.63, 3.8) is 0 Å². The van der Waals surface area contributed by atoms with E-state index >= 15 is 0 Å². The lowest BCUT2D eigenvalue weighted by Crippen LogP contribution is -2.38. The van der Waals surface area contributed by atoms with Gasteiger partial charge in [0.2, 0.25) is 5.91 Å². The Balaban J connectivity index is 2.77. The van der Waals surface area contributed by atoms with Gasteiger partial charge in [0.1, 0.15) is 5.78 Å². The number of benzene rings is 1. The van der Waals surface area contributed by atoms with Gasteiger partial charge < -0.3 is 21.1 Å². The number of carbonyl (C=O) groups excluding carboxylic acids is 1. The fourth-order valence-corrected chi connectivity index (χ4v) is 4.53. The second kappa shape index (κ2) is 12.8. The van der Waals surface area contributed by atoms with Crippen molar-refractivity contribution in [1.29, 1.82) is 0 Å². The standard InChI is InChI=1S/C20H33N2O6P/c1-15(2)14-19(22-18(23)12-11-16-8-4-3-5-9-16)29(26,27)28-17(20(24)25)10-6-7-13-21/h3-5,8-9,15,17,19H,6-7,10-14,21H2,1-2H3,(H,22,23)(H,24,25)(H,26,27)/t17-,19?/m0/s1. The van der Waals surface area contributed by atoms with Gasteiger partial charge in [0.05, 0.1) is 0 Å². The maximum Gasteiger partial charge on any atom is 0.351 e. The molecule has 8 nitrogen and oxygen atoms in total. The van der Waals surface area contributed by atoms with Crippen molar-refractivity contribution in [3.8, 4) is 0 Å². The third kappa shape index (κ3) is 10.0. The Kier molecular flexibility index (Phi) is 11.1. The van der Waals surface area contributed by atoms with Crippen LogP contribution in [0, 0.1) is 5.92 Å². The molecule has 2 unspecified atom stereocenters. The SMILES string of the molecule is CC(C)CC(NC(=O)CCc1ccccc1)P(=O)(O)O[C@@H](CCCCN)C(=O)O. The van der Waals surface area contributed by atoms with Crippen molar-refractivity contribution in [2.45, 2.75) is 64.3 Å². The number of nitrogens with two attached hydrogens (primary N) is 1. The Labute approximate surface area is 172 Å². The lowest BCUT2D eigenvalue weighted by atomic mass is 10.1. The zero-order chi connectivity index (χ0) is 21.9. The van der Waals surface area contributed by atoms with Gasteiger partial charge in [0.25, 0.3) is 0 Å². The molecule has 0 aliphatic heterocycles. The predicted molar refractivity (Wildman–Crippen MR) is 111 cm³/mol. The third-order valence-corrected chi connectivity index (χ3v) is 6.06. The monoisotopic (exact) mass is 428 g/mol. The molecule has 0 heterocycles. The van der Waals surface area contributed by atoms with Gasteiger partial charge in [-0.15, -0.1) is 0 Å². The highest BCUT2D eigenvalue weighted by molar-refractivity contribution is 7.53. The highest BCUT2D eigenvalue weighted by Crippen LogP contribution is 2.50. The van der Waals surface area contributed by atoms with Gasteiger partial charge in [-0.05, 0) is 50.1 Å². The number of carboxylic acids is 1. The van der Waals surface area contributed by atoms with Crippen molar-refractivity contribution in [3.05, 3.63) is 35.9 Å². The molecule has 29 heavy (non-hydrogen) atoms. The molecule has 0 saturated carbocycles. The number of hydrogen-bond acceptors (Lipinski definition) is 5. The van der Waals surface area contributed by atoms with Crippen LogP contribution in [-0.4, -0.2) is 40.3 Å². The van der Waals surface area contributed by atoms with E-state index in [-0.39, 0.29) is 31.1 Å². The average molecular weight is 428 g/mol. The molecule has 5 N–H and O–H groups in total. The molecule has 0 aromatic heterocycles. The number of aryl methyl sites for hydroxylation is 1. The van der Waals surface area contributed by atoms with Crippen LogP contribution >= 0.6 is 7.60 Å². The molecule has 0 aliphatic rings. The maximum absolute atomic E-state index is 12.8. The molecule has 0 fully saturated rings. The molecule has 1 amide bonds. The number of carbonyl (C=O) groups is 2. The van der Waals surface area contributed by atoms with Crippen molar-refractivity contribution < 1.29 is 28.7 Å². The second-order valence-corrected chi connectivity index (χ2v) is 9.44. The summed E-state index contributed by atoms with van der Waals surface area (Å²) in [6, 6.07) is 9.44. The van der Waals surface area contributed by atoms with E-state index in [2.05, 4.69) is 5.32 Å². The van der Waals surface area contributed by atoms with Crippen LogP contribution in [0.25, 0.3) is 0 Å². The molecule has 1 aromatic rings. The lowest BCUT2D eigenvalue weighted by molar-refractivity contribution is -0.145. The van der Waals surface area contributed by atoms with E-state index in [0.717, 1.165) is 5.56 Å². The number of amides is 1. The highest BCUT2D eigenvalue weighted by atomic mass is 31.2. The minimum Gasteiger partial charge on any atom is -0.479 e. The van der Waals surface area contributed by atoms with Crippen LogP contribution in [-0.2, 0) is 25.1 Å². The number of rotatable bonds is 14. The molecule has 0 bridgehead atoms. The fraction of sp³-hybridized carbons (Fsp3) is 0.600. The van der Waals surface area contributed by atoms with E-state index in [1.165, 1.54) is 0 Å². The second-order valence-electron chi connectivity index (χ2n) is 7.48. The Morgan fingerprint density at radius 3 is 2.41 bits per heavy atom. The summed E-state index contributed by atoms with van der Waals surface area (Å²) in [5.74, 6) is -2.86. The average Bonchev–Trinajstić information content (AvgIpc) is 2.65. The molecule has 0 saturated heterocycles. The van der Waals surface area contributed by atoms with Crippen molar-refractivity contribution >= 4 is 19.5 Å². The van der Waals surface area contributed by atoms with E-state index in [1.54, 1.807) is 0 Å². The van der Waals surface area contributed by atoms with Crippen LogP contribution in [0.3, 0.4) is 0 Å². The summed E-state index contributed by atoms with van der Waals surface area (Å²) in [5.41, 5.74) is 6.39. The van der Waals surface area contributed by atoms with E-state index in [1.807, 2.05) is 44.2 Å². The normalized spacial score (nSPS) is 15.5. The van der Waals surface area contributed by atoms with Gasteiger partial charge >= 0.3 is 13.6 Å². The van der Waals surface area contributed by atoms with Crippen LogP contribution in [0.2, 0.25) is 0 Å². The van der Waals surface area contributed by atoms with Gasteiger partial charge in [-0.25, -0.2) is 4.79 Å². The van der Waals surface area contributed by atoms with E-state index in [4.69, 9.17) is 10.3 Å². The van der Waals surface area contributed by atoms with Crippen molar-refractivity contribution in [2.75, 3.05) is 6.54 Å². The summed E-state index contributed by atoms with van der Waals surface area (Å²) in [4.78, 5) is 34.2. The van der Waals surface area contributed by atoms with Crippen LogP contribution in [0.5, 0.6) is 0 Å². The summed E-state index contributed by atoms with van der Waals surface area (Å²) in [5, 5.41) is 11.9. The number of hydrogen-bond donors (Lipinski definition) is 4. The van der Waals surface area contributed by atoms with Crippen molar-refractivity contribution in [1.82, 2.24) is 5.32 Å². The topological polar surface area (TPSA) is 139 Å². The lowest BCUT2D eigenvalue weighted by Gasteiger charge is -2.27. The maximum atomic E-state index is 12.8. The number of aliphatic carboxylic acids is 1. The highest BCUT2D eigenvalue weighted by Gasteiger charge is 2.38. The van der Waals surface area contributed by atoms with E-state index < -0.39 is 25.5 Å². The summed E-state index contributed by atoms with van der Waals surface area (Å²) in [6.07, 6.45) is 0.549. The smallest absolute Gasteiger partial charge is 0.351 e. The first-order valence-corrected chi connectivity index (χ1v) is 11.6. The molecule has 0 aliphatic carbocycles. The molecule has 1 aromatic carbocycles. The number of carboxylic acid groups (broad SMARTS) is 1. The molecule has 164 valence electrons. The zero-order valence-electron chi connectivity index (χ0n) is 17.1. The molecular formula is C20H33N2O6P. The summed E-state index contributed by atoms with van der Waals surface area (Å²) >= 11 is 0. The Hall–Kier alpha value is -1.73. The van der Waals surface area contributed by atoms with Gasteiger partial charge in [0, 0.05) is 6.42 Å². The molecular weight excluding hydrogens is 395 g/mol. The van der Waals surface area contributed by atoms with Crippen LogP contribution < -0.4 is 11.1 Å². The van der Waals surface area contributed by atoms with E-state index in [0.29, 0.717) is 25.8 Å². The number of nitrogens with one attached hydrogen (secondary N) is 1. The van der Waals surface area contributed by atoms with Gasteiger partial charge in [-0.1, -0.05) is 44.2 Å². The Bertz CT molecular complexity index is 683. The van der Waals surface area contributed by atoms with Crippen LogP contribution in [0.4, 0.5) is 0 Å². The third-order valence-electron chi connectivity index (χ3n) is 4.37. The molecule has 0 spiro atoms. The summed E-state index contributed by atoms with van der Waals surface area (Å²) in [7, 11) is -4.41. The van der Waals surface area contributed by atoms with E-state index in [9.17, 15) is 24.2 Å². The first kappa shape index (κ1) is 25.3. The largest absolute Gasteiger partial charge is 0.479 e. The van der Waals surface area contributed by atoms with Crippen LogP contribution in [0.15, 0.2) is 30.3 Å². The fourth-order valence-electron chi connectivity index (χ4n) is 2.83. The molecule has 9 heteroatoms. The van der Waals surface area contributed by atoms with Crippen molar-refractivity contribution in [2.24, 2.45) is 11.7 Å². The number of unbranched alkanes of at least 4 members (excludes halogenated alkanes) is 1. The molecule has 1 rings (SSSR count). The van der Waals surface area contributed by atoms with Gasteiger partial charge in [-0.3, -0.25) is 13.9 Å². The first-order valence-electron chi connectivity index (χ1n) is 9.92. The Morgan fingerprint density at radius 2 is 1.86 bits per heavy atom. The Morgan fingerprint density at radius 1 is 1.21 bits per heavy atom. The minimum atomic E-state index is -4.41. The molecule has 0 radical (unpaired) electrons. The predicted octanol–water partition coefficient (Wildman–Crippen LogP) is 2.89. The molecule has 3 atom stereocenters. The van der Waals surface area contributed by atoms with Crippen LogP contribution in [0.1, 0.15) is 51.5 Å².